The number of carbonyl (C=O) groups excluding carboxylic acids is 1. The molecule has 2 amide bonds. The van der Waals surface area contributed by atoms with Crippen LogP contribution in [0.25, 0.3) is 0 Å². The van der Waals surface area contributed by atoms with Gasteiger partial charge in [-0.25, -0.2) is 4.79 Å². The highest BCUT2D eigenvalue weighted by Crippen LogP contribution is 2.31. The molecular formula is C18H25N3O5. The molecule has 0 aliphatic carbocycles. The van der Waals surface area contributed by atoms with Crippen molar-refractivity contribution in [3.05, 3.63) is 24.3 Å². The number of amides is 2. The summed E-state index contributed by atoms with van der Waals surface area (Å²) in [6, 6.07) is 6.87. The molecule has 2 aliphatic heterocycles. The molecule has 0 aromatic heterocycles. The summed E-state index contributed by atoms with van der Waals surface area (Å²) in [5, 5.41) is 13.8. The van der Waals surface area contributed by atoms with Gasteiger partial charge in [0.25, 0.3) is 0 Å². The van der Waals surface area contributed by atoms with Crippen molar-refractivity contribution in [3.63, 3.8) is 0 Å². The summed E-state index contributed by atoms with van der Waals surface area (Å²) in [6.45, 7) is 4.42. The van der Waals surface area contributed by atoms with E-state index in [2.05, 4.69) is 15.5 Å². The highest BCUT2D eigenvalue weighted by atomic mass is 16.6. The lowest BCUT2D eigenvalue weighted by atomic mass is 10.0. The molecule has 1 fully saturated rings. The van der Waals surface area contributed by atoms with E-state index in [9.17, 15) is 9.59 Å². The third-order valence-electron chi connectivity index (χ3n) is 4.61. The van der Waals surface area contributed by atoms with E-state index in [0.29, 0.717) is 13.2 Å². The van der Waals surface area contributed by atoms with E-state index >= 15 is 0 Å². The van der Waals surface area contributed by atoms with Gasteiger partial charge in [-0.1, -0.05) is 12.1 Å². The maximum atomic E-state index is 12.1. The number of carboxylic acid groups (broad SMARTS) is 1. The van der Waals surface area contributed by atoms with E-state index in [1.54, 1.807) is 0 Å². The zero-order valence-corrected chi connectivity index (χ0v) is 14.8. The molecule has 8 heteroatoms. The van der Waals surface area contributed by atoms with Gasteiger partial charge < -0.3 is 25.2 Å². The molecule has 0 bridgehead atoms. The highest BCUT2D eigenvalue weighted by Gasteiger charge is 2.28. The van der Waals surface area contributed by atoms with Crippen LogP contribution in [0, 0.1) is 0 Å². The first-order valence-corrected chi connectivity index (χ1v) is 8.92. The molecule has 8 nitrogen and oxygen atoms in total. The Labute approximate surface area is 152 Å². The van der Waals surface area contributed by atoms with Crippen LogP contribution < -0.4 is 20.1 Å². The highest BCUT2D eigenvalue weighted by molar-refractivity contribution is 5.85. The summed E-state index contributed by atoms with van der Waals surface area (Å²) >= 11 is 0. The first kappa shape index (κ1) is 18.3. The van der Waals surface area contributed by atoms with Gasteiger partial charge in [0.15, 0.2) is 11.5 Å². The summed E-state index contributed by atoms with van der Waals surface area (Å²) < 4.78 is 11.8. The molecule has 0 saturated carbocycles. The van der Waals surface area contributed by atoms with Crippen LogP contribution in [0.3, 0.4) is 0 Å². The molecule has 3 N–H and O–H groups in total. The molecule has 1 aromatic carbocycles. The van der Waals surface area contributed by atoms with Crippen molar-refractivity contribution in [2.24, 2.45) is 0 Å². The Bertz CT molecular complexity index is 653. The Morgan fingerprint density at radius 3 is 2.88 bits per heavy atom. The number of benzene rings is 1. The third kappa shape index (κ3) is 4.78. The van der Waals surface area contributed by atoms with E-state index in [0.717, 1.165) is 37.4 Å². The number of fused-ring (bicyclic) bond motifs is 1. The fraction of sp³-hybridized carbons (Fsp3) is 0.556. The smallest absolute Gasteiger partial charge is 0.405 e. The van der Waals surface area contributed by atoms with E-state index in [4.69, 9.17) is 14.6 Å². The van der Waals surface area contributed by atoms with Crippen LogP contribution >= 0.6 is 0 Å². The topological polar surface area (TPSA) is 100 Å². The van der Waals surface area contributed by atoms with Gasteiger partial charge in [-0.3, -0.25) is 9.69 Å². The van der Waals surface area contributed by atoms with Crippen molar-refractivity contribution in [1.82, 2.24) is 15.5 Å². The minimum absolute atomic E-state index is 0.00564. The zero-order chi connectivity index (χ0) is 18.5. The molecule has 0 unspecified atom stereocenters. The summed E-state index contributed by atoms with van der Waals surface area (Å²) in [4.78, 5) is 25.0. The second-order valence-electron chi connectivity index (χ2n) is 6.78. The lowest BCUT2D eigenvalue weighted by molar-refractivity contribution is -0.123. The molecule has 3 rings (SSSR count). The van der Waals surface area contributed by atoms with Crippen LogP contribution in [-0.2, 0) is 4.79 Å². The first-order chi connectivity index (χ1) is 12.5. The number of rotatable bonds is 5. The summed E-state index contributed by atoms with van der Waals surface area (Å²) in [6.07, 6.45) is 0.600. The Kier molecular flexibility index (Phi) is 5.82. The van der Waals surface area contributed by atoms with Gasteiger partial charge in [0, 0.05) is 19.1 Å². The van der Waals surface area contributed by atoms with Gasteiger partial charge in [-0.2, -0.15) is 0 Å². The Balaban J connectivity index is 1.48. The zero-order valence-electron chi connectivity index (χ0n) is 14.8. The molecule has 2 aliphatic rings. The van der Waals surface area contributed by atoms with E-state index < -0.39 is 12.1 Å². The lowest BCUT2D eigenvalue weighted by Crippen LogP contribution is -2.54. The van der Waals surface area contributed by atoms with Crippen LogP contribution in [-0.4, -0.2) is 66.4 Å². The average molecular weight is 363 g/mol. The summed E-state index contributed by atoms with van der Waals surface area (Å²) in [5.41, 5.74) is 0. The molecule has 142 valence electrons. The SMILES string of the molecule is C[C@@H](NC(=O)O)C(=O)N[C@H]1CCCN(C[C@H]2COc3ccccc3O2)C1. The normalized spacial score (nSPS) is 23.7. The lowest BCUT2D eigenvalue weighted by Gasteiger charge is -2.36. The van der Waals surface area contributed by atoms with Crippen molar-refractivity contribution < 1.29 is 24.2 Å². The molecule has 26 heavy (non-hydrogen) atoms. The Hall–Kier alpha value is -2.48. The average Bonchev–Trinajstić information content (AvgIpc) is 2.61. The monoisotopic (exact) mass is 363 g/mol. The van der Waals surface area contributed by atoms with Crippen molar-refractivity contribution in [2.45, 2.75) is 38.0 Å². The molecular weight excluding hydrogens is 338 g/mol. The third-order valence-corrected chi connectivity index (χ3v) is 4.61. The van der Waals surface area contributed by atoms with Crippen LogP contribution in [0.1, 0.15) is 19.8 Å². The van der Waals surface area contributed by atoms with Crippen molar-refractivity contribution in [1.29, 1.82) is 0 Å². The van der Waals surface area contributed by atoms with E-state index in [-0.39, 0.29) is 18.1 Å². The fourth-order valence-electron chi connectivity index (χ4n) is 3.36. The predicted molar refractivity (Wildman–Crippen MR) is 94.6 cm³/mol. The number of hydrogen-bond donors (Lipinski definition) is 3. The van der Waals surface area contributed by atoms with Gasteiger partial charge in [0.2, 0.25) is 5.91 Å². The largest absolute Gasteiger partial charge is 0.486 e. The second-order valence-corrected chi connectivity index (χ2v) is 6.78. The van der Waals surface area contributed by atoms with Gasteiger partial charge in [-0.15, -0.1) is 0 Å². The van der Waals surface area contributed by atoms with Crippen LogP contribution in [0.15, 0.2) is 24.3 Å². The molecule has 1 saturated heterocycles. The number of ether oxygens (including phenoxy) is 2. The van der Waals surface area contributed by atoms with Gasteiger partial charge in [0.05, 0.1) is 0 Å². The van der Waals surface area contributed by atoms with Crippen molar-refractivity contribution in [3.8, 4) is 11.5 Å². The quantitative estimate of drug-likeness (QED) is 0.723. The molecule has 2 heterocycles. The number of carbonyl (C=O) groups is 2. The molecule has 3 atom stereocenters. The van der Waals surface area contributed by atoms with Crippen LogP contribution in [0.2, 0.25) is 0 Å². The number of nitrogens with one attached hydrogen (secondary N) is 2. The van der Waals surface area contributed by atoms with Crippen LogP contribution in [0.5, 0.6) is 11.5 Å². The minimum atomic E-state index is -1.20. The number of hydrogen-bond acceptors (Lipinski definition) is 5. The van der Waals surface area contributed by atoms with Crippen molar-refractivity contribution >= 4 is 12.0 Å². The fourth-order valence-corrected chi connectivity index (χ4v) is 3.36. The maximum absolute atomic E-state index is 12.1. The van der Waals surface area contributed by atoms with E-state index in [1.165, 1.54) is 6.92 Å². The second kappa shape index (κ2) is 8.27. The van der Waals surface area contributed by atoms with Gasteiger partial charge in [0.1, 0.15) is 18.8 Å². The van der Waals surface area contributed by atoms with Crippen molar-refractivity contribution in [2.75, 3.05) is 26.2 Å². The maximum Gasteiger partial charge on any atom is 0.405 e. The Morgan fingerprint density at radius 1 is 1.35 bits per heavy atom. The molecule has 1 aromatic rings. The summed E-state index contributed by atoms with van der Waals surface area (Å²) in [5.74, 6) is 1.23. The standard InChI is InChI=1S/C18H25N3O5/c1-12(19-18(23)24)17(22)20-13-5-4-8-21(9-13)10-14-11-25-15-6-2-3-7-16(15)26-14/h2-3,6-7,12-14,19H,4-5,8-11H2,1H3,(H,20,22)(H,23,24)/t12-,13+,14+/m1/s1. The Morgan fingerprint density at radius 2 is 2.12 bits per heavy atom. The van der Waals surface area contributed by atoms with E-state index in [1.807, 2.05) is 24.3 Å². The van der Waals surface area contributed by atoms with Gasteiger partial charge >= 0.3 is 6.09 Å². The molecule has 0 radical (unpaired) electrons. The number of nitrogens with zero attached hydrogens (tertiary/aromatic N) is 1. The number of para-hydroxylation sites is 2. The first-order valence-electron chi connectivity index (χ1n) is 8.92. The van der Waals surface area contributed by atoms with Crippen LogP contribution in [0.4, 0.5) is 4.79 Å². The van der Waals surface area contributed by atoms with Gasteiger partial charge in [-0.05, 0) is 38.4 Å². The summed E-state index contributed by atoms with van der Waals surface area (Å²) in [7, 11) is 0. The number of piperidine rings is 1. The minimum Gasteiger partial charge on any atom is -0.486 e. The number of likely N-dealkylation sites (tertiary alicyclic amines) is 1. The molecule has 0 spiro atoms. The predicted octanol–water partition coefficient (Wildman–Crippen LogP) is 1.06.